The normalized spacial score (nSPS) is 31.3. The Kier molecular flexibility index (Phi) is 4.08. The summed E-state index contributed by atoms with van der Waals surface area (Å²) in [6, 6.07) is 15.1. The van der Waals surface area contributed by atoms with Crippen LogP contribution in [0, 0.1) is 11.8 Å². The summed E-state index contributed by atoms with van der Waals surface area (Å²) in [6.07, 6.45) is 2.33. The number of rotatable bonds is 3. The molecule has 1 spiro atoms. The van der Waals surface area contributed by atoms with Crippen molar-refractivity contribution in [1.29, 1.82) is 0 Å². The standard InChI is InChI=1S/C24H22ClN3O3/c25-15-8-9-17-16(13-15)24(23(31)26-17)20-19(18-7-4-11-28(18)24)21(29)27(22(20)30)12-10-14-5-2-1-3-6-14/h1-3,5-6,8-9,13,18-20H,4,7,10-12H2,(H,26,31)/t18-,19+,20-,24-/m0/s1. The summed E-state index contributed by atoms with van der Waals surface area (Å²) >= 11 is 6.31. The number of carbonyl (C=O) groups is 3. The number of hydrogen-bond acceptors (Lipinski definition) is 4. The van der Waals surface area contributed by atoms with Crippen LogP contribution in [0.1, 0.15) is 24.0 Å². The molecule has 2 aromatic rings. The molecule has 0 aromatic heterocycles. The fraction of sp³-hybridized carbons (Fsp3) is 0.375. The maximum atomic E-state index is 13.7. The van der Waals surface area contributed by atoms with Gasteiger partial charge >= 0.3 is 0 Å². The molecule has 0 bridgehead atoms. The highest BCUT2D eigenvalue weighted by atomic mass is 35.5. The molecule has 4 aliphatic rings. The Morgan fingerprint density at radius 1 is 1.06 bits per heavy atom. The first-order chi connectivity index (χ1) is 15.0. The largest absolute Gasteiger partial charge is 0.324 e. The molecule has 4 heterocycles. The summed E-state index contributed by atoms with van der Waals surface area (Å²) in [5.74, 6) is -1.77. The minimum Gasteiger partial charge on any atom is -0.324 e. The summed E-state index contributed by atoms with van der Waals surface area (Å²) < 4.78 is 0. The van der Waals surface area contributed by atoms with Gasteiger partial charge in [-0.25, -0.2) is 0 Å². The Labute approximate surface area is 185 Å². The number of benzene rings is 2. The monoisotopic (exact) mass is 435 g/mol. The first-order valence-electron chi connectivity index (χ1n) is 10.8. The maximum Gasteiger partial charge on any atom is 0.250 e. The van der Waals surface area contributed by atoms with E-state index < -0.39 is 17.4 Å². The fourth-order valence-corrected chi connectivity index (χ4v) is 6.51. The minimum atomic E-state index is -1.15. The average Bonchev–Trinajstić information content (AvgIpc) is 3.47. The Morgan fingerprint density at radius 2 is 1.87 bits per heavy atom. The van der Waals surface area contributed by atoms with Gasteiger partial charge in [0, 0.05) is 28.9 Å². The number of amides is 3. The first kappa shape index (κ1) is 19.0. The molecule has 158 valence electrons. The predicted molar refractivity (Wildman–Crippen MR) is 115 cm³/mol. The number of carbonyl (C=O) groups excluding carboxylic acids is 3. The number of nitrogens with zero attached hydrogens (tertiary/aromatic N) is 2. The van der Waals surface area contributed by atoms with Crippen molar-refractivity contribution in [2.24, 2.45) is 11.8 Å². The summed E-state index contributed by atoms with van der Waals surface area (Å²) in [5, 5.41) is 3.49. The van der Waals surface area contributed by atoms with Crippen molar-refractivity contribution in [3.63, 3.8) is 0 Å². The molecular formula is C24H22ClN3O3. The Balaban J connectivity index is 1.43. The SMILES string of the molecule is O=C1[C@H]2[C@@H](C(=O)N1CCc1ccccc1)[C@@]1(C(=O)Nc3ccc(Cl)cc31)N1CCC[C@@H]21. The van der Waals surface area contributed by atoms with E-state index in [1.54, 1.807) is 18.2 Å². The molecular weight excluding hydrogens is 414 g/mol. The average molecular weight is 436 g/mol. The van der Waals surface area contributed by atoms with Crippen LogP contribution in [0.3, 0.4) is 0 Å². The van der Waals surface area contributed by atoms with Crippen LogP contribution in [-0.4, -0.2) is 46.7 Å². The lowest BCUT2D eigenvalue weighted by molar-refractivity contribution is -0.145. The molecule has 3 fully saturated rings. The number of likely N-dealkylation sites (tertiary alicyclic amines) is 1. The molecule has 4 atom stereocenters. The van der Waals surface area contributed by atoms with Gasteiger partial charge in [0.1, 0.15) is 5.54 Å². The summed E-state index contributed by atoms with van der Waals surface area (Å²) in [5.41, 5.74) is 1.34. The Morgan fingerprint density at radius 3 is 2.68 bits per heavy atom. The van der Waals surface area contributed by atoms with Gasteiger partial charge in [0.2, 0.25) is 17.7 Å². The second kappa shape index (κ2) is 6.65. The molecule has 2 aromatic carbocycles. The van der Waals surface area contributed by atoms with E-state index >= 15 is 0 Å². The molecule has 3 amide bonds. The molecule has 31 heavy (non-hydrogen) atoms. The van der Waals surface area contributed by atoms with E-state index in [9.17, 15) is 14.4 Å². The van der Waals surface area contributed by atoms with Gasteiger partial charge in [0.15, 0.2) is 0 Å². The molecule has 6 nitrogen and oxygen atoms in total. The summed E-state index contributed by atoms with van der Waals surface area (Å²) in [4.78, 5) is 44.3. The van der Waals surface area contributed by atoms with Crippen molar-refractivity contribution in [2.45, 2.75) is 30.8 Å². The van der Waals surface area contributed by atoms with Gasteiger partial charge in [-0.3, -0.25) is 24.2 Å². The molecule has 7 heteroatoms. The number of hydrogen-bond donors (Lipinski definition) is 1. The molecule has 0 aliphatic carbocycles. The Bertz CT molecular complexity index is 1120. The number of imide groups is 1. The van der Waals surface area contributed by atoms with Crippen LogP contribution < -0.4 is 5.32 Å². The van der Waals surface area contributed by atoms with Crippen LogP contribution in [0.25, 0.3) is 0 Å². The molecule has 3 saturated heterocycles. The van der Waals surface area contributed by atoms with Crippen molar-refractivity contribution >= 4 is 35.0 Å². The third kappa shape index (κ3) is 2.40. The highest BCUT2D eigenvalue weighted by molar-refractivity contribution is 6.31. The van der Waals surface area contributed by atoms with E-state index in [1.165, 1.54) is 4.90 Å². The van der Waals surface area contributed by atoms with Gasteiger partial charge in [-0.1, -0.05) is 41.9 Å². The topological polar surface area (TPSA) is 69.7 Å². The van der Waals surface area contributed by atoms with Gasteiger partial charge in [-0.15, -0.1) is 0 Å². The van der Waals surface area contributed by atoms with E-state index in [0.29, 0.717) is 30.2 Å². The fourth-order valence-electron chi connectivity index (χ4n) is 6.34. The second-order valence-corrected chi connectivity index (χ2v) is 9.32. The zero-order chi connectivity index (χ0) is 21.3. The van der Waals surface area contributed by atoms with Gasteiger partial charge in [-0.05, 0) is 49.6 Å². The molecule has 0 saturated carbocycles. The van der Waals surface area contributed by atoms with E-state index in [1.807, 2.05) is 30.3 Å². The van der Waals surface area contributed by atoms with Crippen molar-refractivity contribution in [1.82, 2.24) is 9.80 Å². The van der Waals surface area contributed by atoms with E-state index in [2.05, 4.69) is 10.2 Å². The van der Waals surface area contributed by atoms with Crippen LogP contribution >= 0.6 is 11.6 Å². The lowest BCUT2D eigenvalue weighted by Crippen LogP contribution is -2.54. The number of halogens is 1. The first-order valence-corrected chi connectivity index (χ1v) is 11.2. The number of nitrogens with one attached hydrogen (secondary N) is 1. The van der Waals surface area contributed by atoms with Crippen LogP contribution in [-0.2, 0) is 26.3 Å². The highest BCUT2D eigenvalue weighted by Crippen LogP contribution is 2.60. The lowest BCUT2D eigenvalue weighted by atomic mass is 9.75. The third-order valence-electron chi connectivity index (χ3n) is 7.51. The molecule has 0 radical (unpaired) electrons. The van der Waals surface area contributed by atoms with Gasteiger partial charge in [0.25, 0.3) is 0 Å². The van der Waals surface area contributed by atoms with Gasteiger partial charge in [0.05, 0.1) is 11.8 Å². The molecule has 6 rings (SSSR count). The number of anilines is 1. The highest BCUT2D eigenvalue weighted by Gasteiger charge is 2.74. The lowest BCUT2D eigenvalue weighted by Gasteiger charge is -2.36. The minimum absolute atomic E-state index is 0.0983. The van der Waals surface area contributed by atoms with Gasteiger partial charge < -0.3 is 5.32 Å². The smallest absolute Gasteiger partial charge is 0.250 e. The van der Waals surface area contributed by atoms with Gasteiger partial charge in [-0.2, -0.15) is 0 Å². The van der Waals surface area contributed by atoms with Crippen LogP contribution in [0.2, 0.25) is 5.02 Å². The predicted octanol–water partition coefficient (Wildman–Crippen LogP) is 2.81. The van der Waals surface area contributed by atoms with Crippen LogP contribution in [0.4, 0.5) is 5.69 Å². The summed E-state index contributed by atoms with van der Waals surface area (Å²) in [7, 11) is 0. The molecule has 4 aliphatic heterocycles. The third-order valence-corrected chi connectivity index (χ3v) is 7.75. The molecule has 0 unspecified atom stereocenters. The van der Waals surface area contributed by atoms with Crippen molar-refractivity contribution in [3.05, 3.63) is 64.7 Å². The van der Waals surface area contributed by atoms with Crippen molar-refractivity contribution < 1.29 is 14.4 Å². The molecule has 1 N–H and O–H groups in total. The summed E-state index contributed by atoms with van der Waals surface area (Å²) in [6.45, 7) is 1.03. The number of fused-ring (bicyclic) bond motifs is 7. The van der Waals surface area contributed by atoms with E-state index in [4.69, 9.17) is 11.6 Å². The van der Waals surface area contributed by atoms with E-state index in [0.717, 1.165) is 24.0 Å². The quantitative estimate of drug-likeness (QED) is 0.753. The second-order valence-electron chi connectivity index (χ2n) is 8.88. The van der Waals surface area contributed by atoms with Crippen molar-refractivity contribution in [3.8, 4) is 0 Å². The van der Waals surface area contributed by atoms with Crippen molar-refractivity contribution in [2.75, 3.05) is 18.4 Å². The van der Waals surface area contributed by atoms with E-state index in [-0.39, 0.29) is 23.8 Å². The maximum absolute atomic E-state index is 13.7. The Hall–Kier alpha value is -2.70. The van der Waals surface area contributed by atoms with Crippen LogP contribution in [0.5, 0.6) is 0 Å². The zero-order valence-electron chi connectivity index (χ0n) is 16.9. The zero-order valence-corrected chi connectivity index (χ0v) is 17.6. The van der Waals surface area contributed by atoms with Crippen LogP contribution in [0.15, 0.2) is 48.5 Å².